The number of imidazole rings is 1. The molecule has 2 fully saturated rings. The molecule has 1 N–H and O–H groups in total. The highest BCUT2D eigenvalue weighted by Gasteiger charge is 2.38. The van der Waals surface area contributed by atoms with Crippen LogP contribution >= 0.6 is 0 Å². The smallest absolute Gasteiger partial charge is 0.0954 e. The van der Waals surface area contributed by atoms with Crippen molar-refractivity contribution in [2.75, 3.05) is 26.3 Å². The molecule has 4 heteroatoms. The number of nitrogens with one attached hydrogen (secondary N) is 1. The van der Waals surface area contributed by atoms with E-state index >= 15 is 0 Å². The summed E-state index contributed by atoms with van der Waals surface area (Å²) in [5.74, 6) is 0. The molecule has 0 radical (unpaired) electrons. The number of hydrogen-bond acceptors (Lipinski definition) is 3. The van der Waals surface area contributed by atoms with Gasteiger partial charge in [-0.2, -0.15) is 0 Å². The molecule has 18 heavy (non-hydrogen) atoms. The summed E-state index contributed by atoms with van der Waals surface area (Å²) in [4.78, 5) is 4.42. The molecular formula is C14H23N3O. The fourth-order valence-electron chi connectivity index (χ4n) is 3.25. The summed E-state index contributed by atoms with van der Waals surface area (Å²) in [7, 11) is 0. The zero-order valence-corrected chi connectivity index (χ0v) is 11.4. The first-order chi connectivity index (χ1) is 8.64. The molecule has 0 amide bonds. The minimum atomic E-state index is 0.0969. The van der Waals surface area contributed by atoms with E-state index in [1.807, 2.05) is 6.33 Å². The molecule has 2 aliphatic rings. The maximum Gasteiger partial charge on any atom is 0.0954 e. The quantitative estimate of drug-likeness (QED) is 0.866. The molecule has 0 aliphatic carbocycles. The van der Waals surface area contributed by atoms with Gasteiger partial charge in [-0.05, 0) is 39.3 Å². The summed E-state index contributed by atoms with van der Waals surface area (Å²) in [5.41, 5.74) is 1.74. The van der Waals surface area contributed by atoms with Crippen molar-refractivity contribution in [3.8, 4) is 0 Å². The fourth-order valence-corrected chi connectivity index (χ4v) is 3.25. The second kappa shape index (κ2) is 4.35. The summed E-state index contributed by atoms with van der Waals surface area (Å²) in [6, 6.07) is 0. The number of hydrogen-bond donors (Lipinski definition) is 1. The molecule has 3 rings (SSSR count). The van der Waals surface area contributed by atoms with E-state index in [0.29, 0.717) is 0 Å². The SMILES string of the molecule is CC1(c2cncn2C2(C)CCOC2)CCNCC1. The van der Waals surface area contributed by atoms with E-state index in [2.05, 4.69) is 34.9 Å². The Bertz CT molecular complexity index is 414. The Kier molecular flexibility index (Phi) is 2.94. The summed E-state index contributed by atoms with van der Waals surface area (Å²) in [6.07, 6.45) is 7.53. The first-order valence-electron chi connectivity index (χ1n) is 6.96. The van der Waals surface area contributed by atoms with Crippen LogP contribution in [0.3, 0.4) is 0 Å². The third-order valence-electron chi connectivity index (χ3n) is 4.74. The third-order valence-corrected chi connectivity index (χ3v) is 4.74. The second-order valence-electron chi connectivity index (χ2n) is 6.26. The molecule has 2 aliphatic heterocycles. The van der Waals surface area contributed by atoms with Gasteiger partial charge in [0.1, 0.15) is 0 Å². The average molecular weight is 249 g/mol. The van der Waals surface area contributed by atoms with Crippen LogP contribution in [0.5, 0.6) is 0 Å². The van der Waals surface area contributed by atoms with Gasteiger partial charge in [-0.25, -0.2) is 4.98 Å². The summed E-state index contributed by atoms with van der Waals surface area (Å²) >= 11 is 0. The predicted octanol–water partition coefficient (Wildman–Crippen LogP) is 1.66. The van der Waals surface area contributed by atoms with Crippen LogP contribution in [0.1, 0.15) is 38.8 Å². The van der Waals surface area contributed by atoms with Crippen LogP contribution in [0.4, 0.5) is 0 Å². The monoisotopic (exact) mass is 249 g/mol. The predicted molar refractivity (Wildman–Crippen MR) is 70.8 cm³/mol. The molecule has 1 aromatic heterocycles. The van der Waals surface area contributed by atoms with E-state index in [4.69, 9.17) is 4.74 Å². The topological polar surface area (TPSA) is 39.1 Å². The van der Waals surface area contributed by atoms with Crippen LogP contribution in [-0.4, -0.2) is 35.9 Å². The van der Waals surface area contributed by atoms with Crippen molar-refractivity contribution in [1.29, 1.82) is 0 Å². The molecule has 100 valence electrons. The van der Waals surface area contributed by atoms with Gasteiger partial charge in [-0.1, -0.05) is 6.92 Å². The van der Waals surface area contributed by atoms with Crippen molar-refractivity contribution in [1.82, 2.24) is 14.9 Å². The Labute approximate surface area is 109 Å². The largest absolute Gasteiger partial charge is 0.379 e. The maximum atomic E-state index is 5.60. The summed E-state index contributed by atoms with van der Waals surface area (Å²) < 4.78 is 7.98. The van der Waals surface area contributed by atoms with Gasteiger partial charge in [0.25, 0.3) is 0 Å². The zero-order valence-electron chi connectivity index (χ0n) is 11.4. The standard InChI is InChI=1S/C14H23N3O/c1-13(3-6-15-7-4-13)12-9-16-11-17(12)14(2)5-8-18-10-14/h9,11,15H,3-8,10H2,1-2H3. The van der Waals surface area contributed by atoms with E-state index in [-0.39, 0.29) is 11.0 Å². The summed E-state index contributed by atoms with van der Waals surface area (Å²) in [6.45, 7) is 8.55. The van der Waals surface area contributed by atoms with E-state index in [1.54, 1.807) is 0 Å². The number of nitrogens with zero attached hydrogens (tertiary/aromatic N) is 2. The number of rotatable bonds is 2. The summed E-state index contributed by atoms with van der Waals surface area (Å²) in [5, 5.41) is 3.45. The lowest BCUT2D eigenvalue weighted by atomic mass is 9.77. The highest BCUT2D eigenvalue weighted by molar-refractivity contribution is 5.18. The van der Waals surface area contributed by atoms with Crippen molar-refractivity contribution in [2.45, 2.75) is 44.1 Å². The molecule has 3 heterocycles. The van der Waals surface area contributed by atoms with E-state index in [0.717, 1.165) is 32.7 Å². The van der Waals surface area contributed by atoms with Crippen molar-refractivity contribution < 1.29 is 4.74 Å². The van der Waals surface area contributed by atoms with Crippen molar-refractivity contribution in [2.24, 2.45) is 0 Å². The Balaban J connectivity index is 1.95. The highest BCUT2D eigenvalue weighted by atomic mass is 16.5. The van der Waals surface area contributed by atoms with Gasteiger partial charge in [-0.15, -0.1) is 0 Å². The maximum absolute atomic E-state index is 5.60. The molecule has 0 aromatic carbocycles. The van der Waals surface area contributed by atoms with Crippen LogP contribution in [-0.2, 0) is 15.7 Å². The Hall–Kier alpha value is -0.870. The van der Waals surface area contributed by atoms with Crippen molar-refractivity contribution in [3.63, 3.8) is 0 Å². The lowest BCUT2D eigenvalue weighted by Gasteiger charge is -2.38. The van der Waals surface area contributed by atoms with E-state index in [9.17, 15) is 0 Å². The molecular weight excluding hydrogens is 226 g/mol. The van der Waals surface area contributed by atoms with Crippen molar-refractivity contribution in [3.05, 3.63) is 18.2 Å². The minimum Gasteiger partial charge on any atom is -0.379 e. The van der Waals surface area contributed by atoms with Gasteiger partial charge in [0.05, 0.1) is 18.5 Å². The Morgan fingerprint density at radius 3 is 2.72 bits per heavy atom. The molecule has 2 saturated heterocycles. The van der Waals surface area contributed by atoms with Crippen molar-refractivity contribution >= 4 is 0 Å². The van der Waals surface area contributed by atoms with E-state index in [1.165, 1.54) is 18.5 Å². The fraction of sp³-hybridized carbons (Fsp3) is 0.786. The zero-order chi connectivity index (χ0) is 12.6. The highest BCUT2D eigenvalue weighted by Crippen LogP contribution is 2.37. The number of aromatic nitrogens is 2. The molecule has 1 aromatic rings. The van der Waals surface area contributed by atoms with E-state index < -0.39 is 0 Å². The third kappa shape index (κ3) is 1.88. The van der Waals surface area contributed by atoms with Gasteiger partial charge in [0.2, 0.25) is 0 Å². The normalized spacial score (nSPS) is 31.7. The molecule has 0 bridgehead atoms. The lowest BCUT2D eigenvalue weighted by Crippen LogP contribution is -2.42. The van der Waals surface area contributed by atoms with Crippen LogP contribution < -0.4 is 5.32 Å². The number of ether oxygens (including phenoxy) is 1. The Morgan fingerprint density at radius 1 is 1.28 bits per heavy atom. The molecule has 1 unspecified atom stereocenters. The van der Waals surface area contributed by atoms with Crippen LogP contribution in [0.25, 0.3) is 0 Å². The van der Waals surface area contributed by atoms with Crippen LogP contribution in [0.15, 0.2) is 12.5 Å². The Morgan fingerprint density at radius 2 is 2.06 bits per heavy atom. The minimum absolute atomic E-state index is 0.0969. The van der Waals surface area contributed by atoms with Crippen LogP contribution in [0, 0.1) is 0 Å². The van der Waals surface area contributed by atoms with Gasteiger partial charge < -0.3 is 14.6 Å². The van der Waals surface area contributed by atoms with Gasteiger partial charge in [0, 0.05) is 23.9 Å². The average Bonchev–Trinajstić information content (AvgIpc) is 2.99. The molecule has 1 atom stereocenters. The van der Waals surface area contributed by atoms with Gasteiger partial charge >= 0.3 is 0 Å². The first-order valence-corrected chi connectivity index (χ1v) is 6.96. The molecule has 0 spiro atoms. The second-order valence-corrected chi connectivity index (χ2v) is 6.26. The van der Waals surface area contributed by atoms with Crippen LogP contribution in [0.2, 0.25) is 0 Å². The molecule has 0 saturated carbocycles. The number of piperidine rings is 1. The van der Waals surface area contributed by atoms with Gasteiger partial charge in [-0.3, -0.25) is 0 Å². The molecule has 4 nitrogen and oxygen atoms in total. The first kappa shape index (κ1) is 12.2. The van der Waals surface area contributed by atoms with Gasteiger partial charge in [0.15, 0.2) is 0 Å². The lowest BCUT2D eigenvalue weighted by molar-refractivity contribution is 0.156.